The van der Waals surface area contributed by atoms with Gasteiger partial charge in [0.15, 0.2) is 0 Å². The summed E-state index contributed by atoms with van der Waals surface area (Å²) in [4.78, 5) is 0. The number of aliphatic hydroxyl groups excluding tert-OH is 1. The van der Waals surface area contributed by atoms with Gasteiger partial charge in [-0.1, -0.05) is 39.0 Å². The van der Waals surface area contributed by atoms with Crippen molar-refractivity contribution in [1.82, 2.24) is 5.32 Å². The number of alkyl halides is 3. The first-order valence-electron chi connectivity index (χ1n) is 6.65. The van der Waals surface area contributed by atoms with Crippen LogP contribution in [0.4, 0.5) is 13.2 Å². The molecular formula is C15H22F3NO. The Labute approximate surface area is 118 Å². The highest BCUT2D eigenvalue weighted by Gasteiger charge is 2.33. The maximum absolute atomic E-state index is 12.9. The third-order valence-corrected chi connectivity index (χ3v) is 3.32. The zero-order chi connectivity index (χ0) is 15.4. The van der Waals surface area contributed by atoms with Crippen LogP contribution in [0.1, 0.15) is 38.3 Å². The van der Waals surface area contributed by atoms with E-state index in [1.165, 1.54) is 12.1 Å². The first-order chi connectivity index (χ1) is 9.16. The van der Waals surface area contributed by atoms with Crippen LogP contribution in [0.15, 0.2) is 24.3 Å². The molecule has 114 valence electrons. The van der Waals surface area contributed by atoms with Gasteiger partial charge in [0.05, 0.1) is 5.56 Å². The van der Waals surface area contributed by atoms with E-state index in [0.717, 1.165) is 6.07 Å². The minimum absolute atomic E-state index is 0.00978. The molecule has 1 unspecified atom stereocenters. The number of hydrogen-bond acceptors (Lipinski definition) is 2. The van der Waals surface area contributed by atoms with Crippen LogP contribution >= 0.6 is 0 Å². The molecule has 1 rings (SSSR count). The van der Waals surface area contributed by atoms with Gasteiger partial charge < -0.3 is 10.4 Å². The minimum Gasteiger partial charge on any atom is -0.396 e. The predicted octanol–water partition coefficient (Wildman–Crippen LogP) is 3.59. The van der Waals surface area contributed by atoms with Crippen LogP contribution in [-0.2, 0) is 12.7 Å². The topological polar surface area (TPSA) is 32.3 Å². The minimum atomic E-state index is -4.34. The monoisotopic (exact) mass is 289 g/mol. The average molecular weight is 289 g/mol. The maximum Gasteiger partial charge on any atom is 0.416 e. The van der Waals surface area contributed by atoms with Gasteiger partial charge in [-0.3, -0.25) is 0 Å². The first-order valence-corrected chi connectivity index (χ1v) is 6.65. The molecule has 1 atom stereocenters. The van der Waals surface area contributed by atoms with Crippen molar-refractivity contribution < 1.29 is 18.3 Å². The van der Waals surface area contributed by atoms with E-state index in [0.29, 0.717) is 6.42 Å². The first kappa shape index (κ1) is 17.0. The number of hydrogen-bond donors (Lipinski definition) is 2. The van der Waals surface area contributed by atoms with Crippen LogP contribution in [0.25, 0.3) is 0 Å². The molecule has 0 aliphatic heterocycles. The lowest BCUT2D eigenvalue weighted by molar-refractivity contribution is -0.138. The van der Waals surface area contributed by atoms with Crippen LogP contribution in [0, 0.1) is 5.41 Å². The fourth-order valence-corrected chi connectivity index (χ4v) is 2.15. The molecule has 0 aliphatic rings. The van der Waals surface area contributed by atoms with E-state index in [-0.39, 0.29) is 30.2 Å². The van der Waals surface area contributed by atoms with E-state index in [1.807, 2.05) is 20.8 Å². The predicted molar refractivity (Wildman–Crippen MR) is 73.2 cm³/mol. The van der Waals surface area contributed by atoms with Gasteiger partial charge in [-0.15, -0.1) is 0 Å². The van der Waals surface area contributed by atoms with Crippen LogP contribution in [0.3, 0.4) is 0 Å². The van der Waals surface area contributed by atoms with Crippen LogP contribution in [-0.4, -0.2) is 17.8 Å². The van der Waals surface area contributed by atoms with Crippen LogP contribution < -0.4 is 5.32 Å². The summed E-state index contributed by atoms with van der Waals surface area (Å²) >= 11 is 0. The lowest BCUT2D eigenvalue weighted by atomic mass is 9.84. The third kappa shape index (κ3) is 4.80. The molecule has 20 heavy (non-hydrogen) atoms. The lowest BCUT2D eigenvalue weighted by Crippen LogP contribution is -2.40. The fourth-order valence-electron chi connectivity index (χ4n) is 2.15. The number of halogens is 3. The Bertz CT molecular complexity index is 424. The van der Waals surface area contributed by atoms with Crippen molar-refractivity contribution in [2.75, 3.05) is 6.61 Å². The second kappa shape index (κ2) is 6.59. The Morgan fingerprint density at radius 1 is 1.15 bits per heavy atom. The van der Waals surface area contributed by atoms with Gasteiger partial charge in [-0.05, 0) is 23.5 Å². The summed E-state index contributed by atoms with van der Waals surface area (Å²) < 4.78 is 38.7. The van der Waals surface area contributed by atoms with Gasteiger partial charge in [-0.25, -0.2) is 0 Å². The Hall–Kier alpha value is -1.07. The summed E-state index contributed by atoms with van der Waals surface area (Å²) in [6.07, 6.45) is -3.83. The smallest absolute Gasteiger partial charge is 0.396 e. The summed E-state index contributed by atoms with van der Waals surface area (Å²) in [6, 6.07) is 5.52. The van der Waals surface area contributed by atoms with Gasteiger partial charge in [0.1, 0.15) is 0 Å². The fraction of sp³-hybridized carbons (Fsp3) is 0.600. The molecule has 0 radical (unpaired) electrons. The molecule has 0 spiro atoms. The van der Waals surface area contributed by atoms with E-state index in [1.54, 1.807) is 6.07 Å². The molecule has 0 saturated carbocycles. The third-order valence-electron chi connectivity index (χ3n) is 3.32. The maximum atomic E-state index is 12.9. The highest BCUT2D eigenvalue weighted by atomic mass is 19.4. The molecule has 1 aromatic carbocycles. The van der Waals surface area contributed by atoms with E-state index in [4.69, 9.17) is 5.11 Å². The summed E-state index contributed by atoms with van der Waals surface area (Å²) in [6.45, 7) is 6.13. The normalized spacial score (nSPS) is 14.3. The molecule has 1 aromatic rings. The molecule has 2 N–H and O–H groups in total. The van der Waals surface area contributed by atoms with E-state index in [9.17, 15) is 13.2 Å². The summed E-state index contributed by atoms with van der Waals surface area (Å²) in [5, 5.41) is 12.2. The largest absolute Gasteiger partial charge is 0.416 e. The standard InChI is InChI=1S/C15H22F3NO/c1-14(2,3)13(8-9-20)19-10-11-6-4-5-7-12(11)15(16,17)18/h4-7,13,19-20H,8-10H2,1-3H3. The molecule has 0 amide bonds. The Morgan fingerprint density at radius 2 is 1.75 bits per heavy atom. The number of nitrogens with one attached hydrogen (secondary N) is 1. The molecule has 0 aliphatic carbocycles. The van der Waals surface area contributed by atoms with Crippen molar-refractivity contribution in [3.8, 4) is 0 Å². The SMILES string of the molecule is CC(C)(C)C(CCO)NCc1ccccc1C(F)(F)F. The van der Waals surface area contributed by atoms with E-state index in [2.05, 4.69) is 5.32 Å². The van der Waals surface area contributed by atoms with E-state index < -0.39 is 11.7 Å². The highest BCUT2D eigenvalue weighted by Crippen LogP contribution is 2.32. The average Bonchev–Trinajstić information content (AvgIpc) is 2.32. The van der Waals surface area contributed by atoms with Crippen molar-refractivity contribution in [1.29, 1.82) is 0 Å². The van der Waals surface area contributed by atoms with Crippen molar-refractivity contribution >= 4 is 0 Å². The van der Waals surface area contributed by atoms with Crippen molar-refractivity contribution in [2.45, 2.75) is 46.0 Å². The molecule has 0 heterocycles. The van der Waals surface area contributed by atoms with Gasteiger partial charge >= 0.3 is 6.18 Å². The molecule has 2 nitrogen and oxygen atoms in total. The molecule has 0 bridgehead atoms. The summed E-state index contributed by atoms with van der Waals surface area (Å²) in [5.74, 6) is 0. The van der Waals surface area contributed by atoms with E-state index >= 15 is 0 Å². The molecule has 0 saturated heterocycles. The number of aliphatic hydroxyl groups is 1. The summed E-state index contributed by atoms with van der Waals surface area (Å²) in [7, 11) is 0. The van der Waals surface area contributed by atoms with Crippen LogP contribution in [0.2, 0.25) is 0 Å². The Balaban J connectivity index is 2.84. The Morgan fingerprint density at radius 3 is 2.25 bits per heavy atom. The van der Waals surface area contributed by atoms with Gasteiger partial charge in [0.2, 0.25) is 0 Å². The lowest BCUT2D eigenvalue weighted by Gasteiger charge is -2.31. The molecule has 5 heteroatoms. The number of rotatable bonds is 5. The second-order valence-electron chi connectivity index (χ2n) is 5.97. The Kier molecular flexibility index (Phi) is 5.59. The van der Waals surface area contributed by atoms with Crippen molar-refractivity contribution in [3.63, 3.8) is 0 Å². The highest BCUT2D eigenvalue weighted by molar-refractivity contribution is 5.29. The van der Waals surface area contributed by atoms with Gasteiger partial charge in [0, 0.05) is 19.2 Å². The van der Waals surface area contributed by atoms with Crippen molar-refractivity contribution in [3.05, 3.63) is 35.4 Å². The summed E-state index contributed by atoms with van der Waals surface area (Å²) in [5.41, 5.74) is -0.507. The van der Waals surface area contributed by atoms with Gasteiger partial charge in [0.25, 0.3) is 0 Å². The van der Waals surface area contributed by atoms with Gasteiger partial charge in [-0.2, -0.15) is 13.2 Å². The number of benzene rings is 1. The zero-order valence-corrected chi connectivity index (χ0v) is 12.1. The molecule has 0 aromatic heterocycles. The zero-order valence-electron chi connectivity index (χ0n) is 12.1. The molecule has 0 fully saturated rings. The van der Waals surface area contributed by atoms with Crippen LogP contribution in [0.5, 0.6) is 0 Å². The molecular weight excluding hydrogens is 267 g/mol. The quantitative estimate of drug-likeness (QED) is 0.868. The second-order valence-corrected chi connectivity index (χ2v) is 5.97. The van der Waals surface area contributed by atoms with Crippen molar-refractivity contribution in [2.24, 2.45) is 5.41 Å².